The number of methoxy groups -OCH3 is 1. The van der Waals surface area contributed by atoms with Crippen molar-refractivity contribution in [1.82, 2.24) is 10.3 Å². The number of nitrogens with zero attached hydrogens (tertiary/aromatic N) is 1. The molecule has 0 bridgehead atoms. The van der Waals surface area contributed by atoms with Gasteiger partial charge in [-0.2, -0.15) is 0 Å². The number of benzene rings is 1. The molecular weight excluding hydrogens is 260 g/mol. The second-order valence-electron chi connectivity index (χ2n) is 3.95. The third-order valence-electron chi connectivity index (χ3n) is 2.66. The molecule has 0 amide bonds. The van der Waals surface area contributed by atoms with E-state index < -0.39 is 0 Å². The van der Waals surface area contributed by atoms with E-state index in [4.69, 9.17) is 9.47 Å². The lowest BCUT2D eigenvalue weighted by Gasteiger charge is -2.13. The van der Waals surface area contributed by atoms with Crippen LogP contribution in [0.2, 0.25) is 0 Å². The highest BCUT2D eigenvalue weighted by Crippen LogP contribution is 2.30. The molecule has 102 valence electrons. The monoisotopic (exact) mass is 278 g/mol. The predicted octanol–water partition coefficient (Wildman–Crippen LogP) is 2.84. The summed E-state index contributed by atoms with van der Waals surface area (Å²) in [7, 11) is 1.67. The Bertz CT molecular complexity index is 500. The fraction of sp³-hybridized carbons (Fsp3) is 0.357. The highest BCUT2D eigenvalue weighted by molar-refractivity contribution is 7.09. The molecule has 4 nitrogen and oxygen atoms in total. The van der Waals surface area contributed by atoms with Crippen LogP contribution in [0, 0.1) is 0 Å². The molecule has 5 heteroatoms. The normalized spacial score (nSPS) is 10.4. The Hall–Kier alpha value is -1.59. The highest BCUT2D eigenvalue weighted by Gasteiger charge is 2.09. The Labute approximate surface area is 117 Å². The largest absolute Gasteiger partial charge is 0.493 e. The van der Waals surface area contributed by atoms with Gasteiger partial charge < -0.3 is 14.8 Å². The van der Waals surface area contributed by atoms with Gasteiger partial charge in [0.25, 0.3) is 0 Å². The third kappa shape index (κ3) is 3.68. The molecule has 2 rings (SSSR count). The van der Waals surface area contributed by atoms with Gasteiger partial charge in [0.05, 0.1) is 19.2 Å². The van der Waals surface area contributed by atoms with Crippen LogP contribution < -0.4 is 14.8 Å². The lowest BCUT2D eigenvalue weighted by molar-refractivity contribution is 0.308. The number of rotatable bonds is 7. The van der Waals surface area contributed by atoms with Gasteiger partial charge in [-0.15, -0.1) is 11.3 Å². The number of ether oxygens (including phenoxy) is 2. The minimum atomic E-state index is 0.633. The first kappa shape index (κ1) is 13.8. The molecule has 0 saturated heterocycles. The van der Waals surface area contributed by atoms with E-state index >= 15 is 0 Å². The summed E-state index contributed by atoms with van der Waals surface area (Å²) in [4.78, 5) is 5.28. The lowest BCUT2D eigenvalue weighted by Crippen LogP contribution is -2.13. The predicted molar refractivity (Wildman–Crippen MR) is 76.8 cm³/mol. The summed E-state index contributed by atoms with van der Waals surface area (Å²) in [5.74, 6) is 1.60. The van der Waals surface area contributed by atoms with Crippen molar-refractivity contribution >= 4 is 11.3 Å². The molecule has 1 N–H and O–H groups in total. The molecular formula is C14H18N2O2S. The van der Waals surface area contributed by atoms with Crippen molar-refractivity contribution in [2.24, 2.45) is 0 Å². The van der Waals surface area contributed by atoms with E-state index in [9.17, 15) is 0 Å². The molecule has 1 aromatic carbocycles. The van der Waals surface area contributed by atoms with E-state index in [2.05, 4.69) is 10.3 Å². The molecule has 0 radical (unpaired) electrons. The van der Waals surface area contributed by atoms with Gasteiger partial charge in [-0.3, -0.25) is 4.98 Å². The summed E-state index contributed by atoms with van der Waals surface area (Å²) in [6.07, 6.45) is 1.88. The maximum atomic E-state index is 5.56. The molecule has 0 spiro atoms. The van der Waals surface area contributed by atoms with Gasteiger partial charge in [-0.1, -0.05) is 12.1 Å². The van der Waals surface area contributed by atoms with Crippen molar-refractivity contribution in [2.45, 2.75) is 20.0 Å². The molecule has 1 aromatic heterocycles. The Morgan fingerprint density at radius 3 is 2.89 bits per heavy atom. The van der Waals surface area contributed by atoms with Crippen LogP contribution >= 0.6 is 11.3 Å². The quantitative estimate of drug-likeness (QED) is 0.846. The van der Waals surface area contributed by atoms with E-state index in [1.54, 1.807) is 18.4 Å². The number of hydrogen-bond acceptors (Lipinski definition) is 5. The Morgan fingerprint density at radius 1 is 1.32 bits per heavy atom. The average Bonchev–Trinajstić information content (AvgIpc) is 2.93. The van der Waals surface area contributed by atoms with Crippen molar-refractivity contribution in [3.8, 4) is 11.5 Å². The van der Waals surface area contributed by atoms with Crippen LogP contribution in [0.3, 0.4) is 0 Å². The van der Waals surface area contributed by atoms with Crippen LogP contribution in [-0.4, -0.2) is 18.7 Å². The second kappa shape index (κ2) is 7.11. The molecule has 0 unspecified atom stereocenters. The SMILES string of the molecule is CCOc1cccc(CNCc2cncs2)c1OC. The van der Waals surface area contributed by atoms with Crippen LogP contribution in [0.15, 0.2) is 29.9 Å². The maximum Gasteiger partial charge on any atom is 0.165 e. The summed E-state index contributed by atoms with van der Waals surface area (Å²) in [5.41, 5.74) is 2.94. The first-order valence-electron chi connectivity index (χ1n) is 6.22. The second-order valence-corrected chi connectivity index (χ2v) is 4.92. The zero-order valence-corrected chi connectivity index (χ0v) is 12.0. The summed E-state index contributed by atoms with van der Waals surface area (Å²) in [6.45, 7) is 4.15. The Balaban J connectivity index is 2.00. The molecule has 0 aliphatic rings. The third-order valence-corrected chi connectivity index (χ3v) is 3.44. The van der Waals surface area contributed by atoms with Gasteiger partial charge in [0.2, 0.25) is 0 Å². The van der Waals surface area contributed by atoms with E-state index in [0.29, 0.717) is 6.61 Å². The lowest BCUT2D eigenvalue weighted by atomic mass is 10.2. The van der Waals surface area contributed by atoms with Crippen molar-refractivity contribution in [3.63, 3.8) is 0 Å². The number of aromatic nitrogens is 1. The van der Waals surface area contributed by atoms with Crippen LogP contribution in [-0.2, 0) is 13.1 Å². The molecule has 0 saturated carbocycles. The molecule has 2 aromatic rings. The maximum absolute atomic E-state index is 5.56. The fourth-order valence-corrected chi connectivity index (χ4v) is 2.42. The highest BCUT2D eigenvalue weighted by atomic mass is 32.1. The molecule has 0 aliphatic heterocycles. The number of hydrogen-bond donors (Lipinski definition) is 1. The van der Waals surface area contributed by atoms with Crippen molar-refractivity contribution in [1.29, 1.82) is 0 Å². The van der Waals surface area contributed by atoms with Gasteiger partial charge in [0.15, 0.2) is 11.5 Å². The van der Waals surface area contributed by atoms with Crippen molar-refractivity contribution in [2.75, 3.05) is 13.7 Å². The van der Waals surface area contributed by atoms with Gasteiger partial charge >= 0.3 is 0 Å². The van der Waals surface area contributed by atoms with Crippen molar-refractivity contribution < 1.29 is 9.47 Å². The van der Waals surface area contributed by atoms with E-state index in [1.807, 2.05) is 36.8 Å². The van der Waals surface area contributed by atoms with Crippen LogP contribution in [0.1, 0.15) is 17.4 Å². The first-order valence-corrected chi connectivity index (χ1v) is 7.10. The Kier molecular flexibility index (Phi) is 5.18. The molecule has 0 aliphatic carbocycles. The number of para-hydroxylation sites is 1. The summed E-state index contributed by atoms with van der Waals surface area (Å²) in [5, 5.41) is 3.38. The standard InChI is InChI=1S/C14H18N2O2S/c1-3-18-13-6-4-5-11(14(13)17-2)7-15-8-12-9-16-10-19-12/h4-6,9-10,15H,3,7-8H2,1-2H3. The van der Waals surface area contributed by atoms with Gasteiger partial charge in [0, 0.05) is 29.7 Å². The Morgan fingerprint density at radius 2 is 2.21 bits per heavy atom. The zero-order chi connectivity index (χ0) is 13.5. The van der Waals surface area contributed by atoms with Gasteiger partial charge in [0.1, 0.15) is 0 Å². The summed E-state index contributed by atoms with van der Waals surface area (Å²) < 4.78 is 11.0. The van der Waals surface area contributed by atoms with Crippen molar-refractivity contribution in [3.05, 3.63) is 40.3 Å². The molecule has 19 heavy (non-hydrogen) atoms. The van der Waals surface area contributed by atoms with Gasteiger partial charge in [-0.25, -0.2) is 0 Å². The minimum absolute atomic E-state index is 0.633. The average molecular weight is 278 g/mol. The number of nitrogens with one attached hydrogen (secondary N) is 1. The smallest absolute Gasteiger partial charge is 0.165 e. The van der Waals surface area contributed by atoms with Gasteiger partial charge in [-0.05, 0) is 13.0 Å². The van der Waals surface area contributed by atoms with Crippen LogP contribution in [0.5, 0.6) is 11.5 Å². The number of thiazole rings is 1. The van der Waals surface area contributed by atoms with E-state index in [0.717, 1.165) is 30.2 Å². The fourth-order valence-electron chi connectivity index (χ4n) is 1.85. The minimum Gasteiger partial charge on any atom is -0.493 e. The van der Waals surface area contributed by atoms with E-state index in [1.165, 1.54) is 4.88 Å². The molecule has 0 fully saturated rings. The van der Waals surface area contributed by atoms with Crippen LogP contribution in [0.4, 0.5) is 0 Å². The van der Waals surface area contributed by atoms with E-state index in [-0.39, 0.29) is 0 Å². The molecule has 1 heterocycles. The topological polar surface area (TPSA) is 43.4 Å². The zero-order valence-electron chi connectivity index (χ0n) is 11.2. The summed E-state index contributed by atoms with van der Waals surface area (Å²) >= 11 is 1.65. The van der Waals surface area contributed by atoms with Crippen LogP contribution in [0.25, 0.3) is 0 Å². The molecule has 0 atom stereocenters. The summed E-state index contributed by atoms with van der Waals surface area (Å²) in [6, 6.07) is 5.95. The first-order chi connectivity index (χ1) is 9.35.